The number of aliphatic hydroxyl groups is 2. The van der Waals surface area contributed by atoms with Crippen molar-refractivity contribution in [3.8, 4) is 11.5 Å². The maximum absolute atomic E-state index is 13.9. The maximum Gasteiger partial charge on any atom is 0.348 e. The molecule has 3 saturated heterocycles. The van der Waals surface area contributed by atoms with Crippen molar-refractivity contribution >= 4 is 49.5 Å². The van der Waals surface area contributed by atoms with Gasteiger partial charge in [0.15, 0.2) is 30.0 Å². The maximum atomic E-state index is 13.9. The molecule has 11 atom stereocenters. The van der Waals surface area contributed by atoms with Crippen molar-refractivity contribution in [2.75, 3.05) is 20.3 Å². The van der Waals surface area contributed by atoms with Crippen LogP contribution < -0.4 is 20.7 Å². The quantitative estimate of drug-likeness (QED) is 0.0452. The molecule has 5 heterocycles. The van der Waals surface area contributed by atoms with Crippen molar-refractivity contribution in [1.29, 1.82) is 0 Å². The molecule has 60 heavy (non-hydrogen) atoms. The van der Waals surface area contributed by atoms with E-state index in [2.05, 4.69) is 0 Å². The fourth-order valence-corrected chi connectivity index (χ4v) is 8.53. The Hall–Kier alpha value is -5.01. The van der Waals surface area contributed by atoms with E-state index in [0.717, 1.165) is 5.56 Å². The van der Waals surface area contributed by atoms with Crippen LogP contribution in [-0.4, -0.2) is 97.9 Å². The summed E-state index contributed by atoms with van der Waals surface area (Å²) in [5.41, 5.74) is -0.0802. The number of aliphatic hydroxyl groups excluding tert-OH is 2. The molecule has 3 aliphatic rings. The summed E-state index contributed by atoms with van der Waals surface area (Å²) in [5.74, 6) is -0.719. The number of benzene rings is 4. The van der Waals surface area contributed by atoms with Crippen LogP contribution >= 0.6 is 0 Å². The van der Waals surface area contributed by atoms with Crippen LogP contribution in [-0.2, 0) is 38.0 Å². The minimum Gasteiger partial charge on any atom is -0.461 e. The monoisotopic (exact) mass is 828 g/mol. The molecule has 1 unspecified atom stereocenters. The lowest BCUT2D eigenvalue weighted by Gasteiger charge is -2.45. The van der Waals surface area contributed by atoms with Crippen LogP contribution in [0.4, 0.5) is 0 Å². The first-order valence-corrected chi connectivity index (χ1v) is 19.9. The second-order valence-corrected chi connectivity index (χ2v) is 15.2. The van der Waals surface area contributed by atoms with Crippen LogP contribution in [0.15, 0.2) is 79.1 Å². The van der Waals surface area contributed by atoms with E-state index in [1.807, 2.05) is 30.3 Å². The van der Waals surface area contributed by atoms with Crippen LogP contribution in [0.5, 0.6) is 11.5 Å². The molecular weight excluding hydrogens is 784 g/mol. The Morgan fingerprint density at radius 3 is 2.27 bits per heavy atom. The van der Waals surface area contributed by atoms with Gasteiger partial charge in [0.1, 0.15) is 47.2 Å². The van der Waals surface area contributed by atoms with Crippen LogP contribution in [0.1, 0.15) is 44.6 Å². The number of rotatable bonds is 11. The third-order valence-corrected chi connectivity index (χ3v) is 11.5. The zero-order valence-electron chi connectivity index (χ0n) is 33.4. The summed E-state index contributed by atoms with van der Waals surface area (Å²) in [5, 5.41) is 23.1. The topological polar surface area (TPSA) is 201 Å². The Balaban J connectivity index is 1.20. The molecule has 0 radical (unpaired) electrons. The van der Waals surface area contributed by atoms with Gasteiger partial charge < -0.3 is 61.7 Å². The smallest absolute Gasteiger partial charge is 0.348 e. The number of carbonyl (C=O) groups is 1. The number of hydrogen-bond acceptors (Lipinski definition) is 16. The van der Waals surface area contributed by atoms with E-state index in [4.69, 9.17) is 51.5 Å². The minimum absolute atomic E-state index is 0.0219. The van der Waals surface area contributed by atoms with Crippen LogP contribution in [0, 0.1) is 6.92 Å². The number of methoxy groups -OCH3 is 1. The van der Waals surface area contributed by atoms with Crippen LogP contribution in [0.3, 0.4) is 0 Å². The van der Waals surface area contributed by atoms with E-state index in [1.165, 1.54) is 7.11 Å². The van der Waals surface area contributed by atoms with Gasteiger partial charge in [-0.05, 0) is 45.4 Å². The molecule has 9 rings (SSSR count). The molecular formula is C44H44O16. The Labute approximate surface area is 341 Å². The number of carbonyl (C=O) groups excluding carboxylic acids is 1. The predicted octanol–water partition coefficient (Wildman–Crippen LogP) is 4.76. The average molecular weight is 829 g/mol. The van der Waals surface area contributed by atoms with Gasteiger partial charge >= 0.3 is 17.2 Å². The zero-order valence-corrected chi connectivity index (χ0v) is 33.4. The van der Waals surface area contributed by atoms with Gasteiger partial charge in [0.25, 0.3) is 0 Å². The first kappa shape index (κ1) is 40.4. The molecule has 6 aromatic rings. The van der Waals surface area contributed by atoms with Crippen molar-refractivity contribution in [2.24, 2.45) is 0 Å². The molecule has 3 fully saturated rings. The molecule has 4 aromatic carbocycles. The van der Waals surface area contributed by atoms with Gasteiger partial charge in [-0.2, -0.15) is 0 Å². The lowest BCUT2D eigenvalue weighted by atomic mass is 9.95. The summed E-state index contributed by atoms with van der Waals surface area (Å²) < 4.78 is 67.5. The van der Waals surface area contributed by atoms with Gasteiger partial charge in [-0.1, -0.05) is 48.5 Å². The van der Waals surface area contributed by atoms with E-state index in [9.17, 15) is 24.6 Å². The standard InChI is InChI=1S/C44H44O16/c1-6-51-18-17-26(45)56-35-23-13-10-14-24(28(23)36-30-29-25(54-41(49)31(30)35)16-15-19(2)27(29)40(48)57-36)55-44-39(60-43-33(47)37(50-5)32(46)20(3)52-43)38-34(21(4)53-44)58-42(59-38)22-11-8-7-9-12-22/h7-16,20-21,32-34,37-39,42-44,46-47H,6,17-18H2,1-5H3/t20-,21-,32+,33-,34+,37+,38+,39-,42?,43-,44+/m1/s1. The lowest BCUT2D eigenvalue weighted by Crippen LogP contribution is -2.63. The summed E-state index contributed by atoms with van der Waals surface area (Å²) in [6.07, 6.45) is -11.4. The Bertz CT molecular complexity index is 2660. The molecule has 16 heteroatoms. The number of hydrogen-bond donors (Lipinski definition) is 2. The molecule has 316 valence electrons. The normalized spacial score (nSPS) is 29.4. The second kappa shape index (κ2) is 16.1. The van der Waals surface area contributed by atoms with Gasteiger partial charge in [0, 0.05) is 35.4 Å². The Kier molecular flexibility index (Phi) is 10.9. The van der Waals surface area contributed by atoms with E-state index < -0.39 is 84.9 Å². The molecule has 0 spiro atoms. The fraction of sp³-hybridized carbons (Fsp3) is 0.432. The average Bonchev–Trinajstić information content (AvgIpc) is 3.69. The Morgan fingerprint density at radius 1 is 0.750 bits per heavy atom. The number of fused-ring (bicyclic) bond motifs is 3. The second-order valence-electron chi connectivity index (χ2n) is 15.2. The van der Waals surface area contributed by atoms with E-state index in [-0.39, 0.29) is 62.6 Å². The highest BCUT2D eigenvalue weighted by Gasteiger charge is 2.56. The van der Waals surface area contributed by atoms with Gasteiger partial charge in [0.2, 0.25) is 6.29 Å². The molecule has 2 aromatic heterocycles. The third kappa shape index (κ3) is 6.81. The highest BCUT2D eigenvalue weighted by molar-refractivity contribution is 6.29. The van der Waals surface area contributed by atoms with Crippen molar-refractivity contribution in [3.63, 3.8) is 0 Å². The summed E-state index contributed by atoms with van der Waals surface area (Å²) >= 11 is 0. The predicted molar refractivity (Wildman–Crippen MR) is 212 cm³/mol. The zero-order chi connectivity index (χ0) is 42.0. The molecule has 0 bridgehead atoms. The SMILES string of the molecule is CCOCCC(=O)Oc1c2cccc(O[C@@H]3O[C@H](C)[C@@H]4OC(c5ccccc5)O[C@@H]4[C@H]3O[C@H]3O[C@H](C)[C@H](O)[C@H](OC)[C@H]3O)c2c2oc(=O)c3c(C)ccc4oc(=O)c1c2c43. The van der Waals surface area contributed by atoms with Gasteiger partial charge in [-0.3, -0.25) is 4.79 Å². The van der Waals surface area contributed by atoms with Crippen LogP contribution in [0.2, 0.25) is 0 Å². The minimum atomic E-state index is -1.45. The molecule has 16 nitrogen and oxygen atoms in total. The van der Waals surface area contributed by atoms with Crippen molar-refractivity contribution in [2.45, 2.75) is 102 Å². The van der Waals surface area contributed by atoms with Crippen LogP contribution in [0.25, 0.3) is 43.5 Å². The van der Waals surface area contributed by atoms with Crippen molar-refractivity contribution in [1.82, 2.24) is 0 Å². The number of esters is 1. The van der Waals surface area contributed by atoms with Crippen molar-refractivity contribution < 1.29 is 66.5 Å². The molecule has 0 aliphatic carbocycles. The number of ether oxygens (including phenoxy) is 9. The molecule has 2 N–H and O–H groups in total. The summed E-state index contributed by atoms with van der Waals surface area (Å²) in [6.45, 7) is 7.42. The van der Waals surface area contributed by atoms with E-state index in [0.29, 0.717) is 17.6 Å². The number of aryl methyl sites for hydroxylation is 1. The summed E-state index contributed by atoms with van der Waals surface area (Å²) in [6, 6.07) is 17.4. The lowest BCUT2D eigenvalue weighted by molar-refractivity contribution is -0.346. The van der Waals surface area contributed by atoms with E-state index in [1.54, 1.807) is 58.0 Å². The largest absolute Gasteiger partial charge is 0.461 e. The molecule has 3 aliphatic heterocycles. The first-order valence-electron chi connectivity index (χ1n) is 19.9. The summed E-state index contributed by atoms with van der Waals surface area (Å²) in [4.78, 5) is 41.1. The fourth-order valence-electron chi connectivity index (χ4n) is 8.53. The Morgan fingerprint density at radius 2 is 1.50 bits per heavy atom. The van der Waals surface area contributed by atoms with E-state index >= 15 is 0 Å². The highest BCUT2D eigenvalue weighted by atomic mass is 16.8. The van der Waals surface area contributed by atoms with Gasteiger partial charge in [-0.25, -0.2) is 9.59 Å². The first-order chi connectivity index (χ1) is 29.0. The van der Waals surface area contributed by atoms with Gasteiger partial charge in [-0.15, -0.1) is 0 Å². The summed E-state index contributed by atoms with van der Waals surface area (Å²) in [7, 11) is 1.36. The third-order valence-electron chi connectivity index (χ3n) is 11.5. The molecule has 0 amide bonds. The van der Waals surface area contributed by atoms with Crippen molar-refractivity contribution in [3.05, 3.63) is 92.6 Å². The molecule has 0 saturated carbocycles. The van der Waals surface area contributed by atoms with Gasteiger partial charge in [0.05, 0.1) is 36.0 Å². The highest BCUT2D eigenvalue weighted by Crippen LogP contribution is 2.47.